The van der Waals surface area contributed by atoms with Crippen molar-refractivity contribution in [1.82, 2.24) is 29.0 Å². The highest BCUT2D eigenvalue weighted by atomic mass is 16.5. The van der Waals surface area contributed by atoms with Crippen LogP contribution in [0.5, 0.6) is 5.75 Å². The van der Waals surface area contributed by atoms with Gasteiger partial charge in [0.1, 0.15) is 17.2 Å². The molecule has 1 unspecified atom stereocenters. The third-order valence-corrected chi connectivity index (χ3v) is 6.07. The zero-order chi connectivity index (χ0) is 22.9. The van der Waals surface area contributed by atoms with E-state index in [1.165, 1.54) is 4.68 Å². The first-order chi connectivity index (χ1) is 16.0. The van der Waals surface area contributed by atoms with Gasteiger partial charge in [0.15, 0.2) is 0 Å². The Morgan fingerprint density at radius 2 is 2.12 bits per heavy atom. The predicted molar refractivity (Wildman–Crippen MR) is 123 cm³/mol. The number of imidazole rings is 1. The smallest absolute Gasteiger partial charge is 0.346 e. The fourth-order valence-corrected chi connectivity index (χ4v) is 4.40. The number of carbonyl (C=O) groups is 1. The van der Waals surface area contributed by atoms with Crippen LogP contribution >= 0.6 is 0 Å². The number of pyridine rings is 1. The molecule has 0 fully saturated rings. The van der Waals surface area contributed by atoms with Gasteiger partial charge in [-0.15, -0.1) is 0 Å². The van der Waals surface area contributed by atoms with Crippen LogP contribution in [-0.4, -0.2) is 42.8 Å². The van der Waals surface area contributed by atoms with E-state index in [1.54, 1.807) is 17.7 Å². The maximum absolute atomic E-state index is 13.0. The van der Waals surface area contributed by atoms with Crippen LogP contribution in [0, 0.1) is 6.92 Å². The Hall–Kier alpha value is -3.88. The molecule has 5 rings (SSSR count). The molecule has 1 aliphatic rings. The minimum atomic E-state index is -0.147. The Morgan fingerprint density at radius 1 is 1.24 bits per heavy atom. The number of rotatable bonds is 5. The number of hydrogen-bond acceptors (Lipinski definition) is 5. The highest BCUT2D eigenvalue weighted by Gasteiger charge is 2.23. The number of aromatic nitrogens is 5. The largest absolute Gasteiger partial charge is 0.497 e. The number of benzene rings is 1. The molecule has 0 saturated heterocycles. The van der Waals surface area contributed by atoms with Crippen LogP contribution in [0.2, 0.25) is 0 Å². The van der Waals surface area contributed by atoms with E-state index in [0.717, 1.165) is 29.3 Å². The Labute approximate surface area is 190 Å². The first-order valence-corrected chi connectivity index (χ1v) is 11.1. The number of carbonyl (C=O) groups excluding carboxylic acids is 1. The van der Waals surface area contributed by atoms with E-state index < -0.39 is 0 Å². The Kier molecular flexibility index (Phi) is 5.45. The van der Waals surface area contributed by atoms with Crippen molar-refractivity contribution in [1.29, 1.82) is 0 Å². The van der Waals surface area contributed by atoms with E-state index in [-0.39, 0.29) is 17.6 Å². The molecule has 9 heteroatoms. The molecule has 0 saturated carbocycles. The van der Waals surface area contributed by atoms with Gasteiger partial charge < -0.3 is 14.5 Å². The van der Waals surface area contributed by atoms with Crippen LogP contribution in [0.1, 0.15) is 40.3 Å². The second-order valence-electron chi connectivity index (χ2n) is 8.39. The van der Waals surface area contributed by atoms with Crippen LogP contribution in [0.3, 0.4) is 0 Å². The number of methoxy groups -OCH3 is 1. The number of amides is 1. The van der Waals surface area contributed by atoms with E-state index in [9.17, 15) is 9.59 Å². The molecule has 4 heterocycles. The van der Waals surface area contributed by atoms with Crippen molar-refractivity contribution in [3.8, 4) is 5.75 Å². The molecule has 4 aromatic rings. The lowest BCUT2D eigenvalue weighted by atomic mass is 10.1. The maximum Gasteiger partial charge on any atom is 0.346 e. The summed E-state index contributed by atoms with van der Waals surface area (Å²) in [5.74, 6) is 1.36. The first kappa shape index (κ1) is 21.0. The third-order valence-electron chi connectivity index (χ3n) is 6.07. The van der Waals surface area contributed by atoms with E-state index >= 15 is 0 Å². The van der Waals surface area contributed by atoms with Gasteiger partial charge in [-0.2, -0.15) is 5.10 Å². The minimum absolute atomic E-state index is 0.0400. The van der Waals surface area contributed by atoms with Gasteiger partial charge in [0.2, 0.25) is 0 Å². The molecule has 170 valence electrons. The van der Waals surface area contributed by atoms with Crippen molar-refractivity contribution >= 4 is 11.6 Å². The van der Waals surface area contributed by atoms with Crippen LogP contribution in [-0.2, 0) is 19.5 Å². The van der Waals surface area contributed by atoms with Crippen LogP contribution in [0.4, 0.5) is 0 Å². The fraction of sp³-hybridized carbons (Fsp3) is 0.333. The average molecular weight is 447 g/mol. The predicted octanol–water partition coefficient (Wildman–Crippen LogP) is 2.19. The second kappa shape index (κ2) is 8.57. The molecule has 1 N–H and O–H groups in total. The average Bonchev–Trinajstić information content (AvgIpc) is 3.26. The zero-order valence-corrected chi connectivity index (χ0v) is 18.7. The summed E-state index contributed by atoms with van der Waals surface area (Å²) < 4.78 is 10.4. The quantitative estimate of drug-likeness (QED) is 0.507. The zero-order valence-electron chi connectivity index (χ0n) is 18.7. The summed E-state index contributed by atoms with van der Waals surface area (Å²) in [5, 5.41) is 7.71. The summed E-state index contributed by atoms with van der Waals surface area (Å²) in [6.45, 7) is 2.82. The van der Waals surface area contributed by atoms with Crippen LogP contribution in [0.15, 0.2) is 53.6 Å². The van der Waals surface area contributed by atoms with Crippen LogP contribution in [0.25, 0.3) is 5.65 Å². The molecule has 1 aromatic carbocycles. The summed E-state index contributed by atoms with van der Waals surface area (Å²) in [6, 6.07) is 11.2. The monoisotopic (exact) mass is 446 g/mol. The van der Waals surface area contributed by atoms with Gasteiger partial charge >= 0.3 is 5.69 Å². The number of hydrogen-bond donors (Lipinski definition) is 1. The molecule has 0 spiro atoms. The fourth-order valence-electron chi connectivity index (χ4n) is 4.40. The number of fused-ring (bicyclic) bond motifs is 2. The van der Waals surface area contributed by atoms with E-state index in [0.29, 0.717) is 37.1 Å². The molecule has 0 bridgehead atoms. The van der Waals surface area contributed by atoms with Gasteiger partial charge in [0, 0.05) is 31.4 Å². The Morgan fingerprint density at radius 3 is 2.97 bits per heavy atom. The minimum Gasteiger partial charge on any atom is -0.497 e. The Bertz CT molecular complexity index is 1380. The van der Waals surface area contributed by atoms with Crippen LogP contribution < -0.4 is 15.7 Å². The summed E-state index contributed by atoms with van der Waals surface area (Å²) in [7, 11) is 1.62. The van der Waals surface area contributed by atoms with Crippen molar-refractivity contribution < 1.29 is 9.53 Å². The lowest BCUT2D eigenvalue weighted by Crippen LogP contribution is -2.36. The normalized spacial score (nSPS) is 15.8. The number of nitrogens with zero attached hydrogens (tertiary/aromatic N) is 5. The number of ether oxygens (including phenoxy) is 1. The summed E-state index contributed by atoms with van der Waals surface area (Å²) >= 11 is 0. The molecule has 1 atom stereocenters. The topological polar surface area (TPSA) is 95.5 Å². The lowest BCUT2D eigenvalue weighted by Gasteiger charge is -2.16. The number of nitrogens with one attached hydrogen (secondary N) is 1. The molecule has 1 aliphatic heterocycles. The standard InChI is InChI=1S/C24H26N6O3/c1-16-14-28-11-4-7-20(22(28)25-16)23(31)26-18-8-9-21-27-30(24(32)29(21)12-10-18)15-17-5-3-6-19(13-17)33-2/h3-7,11,13-14,18H,8-10,12,15H2,1-2H3,(H,26,31). The first-order valence-electron chi connectivity index (χ1n) is 11.1. The van der Waals surface area contributed by atoms with Crippen molar-refractivity contribution in [3.05, 3.63) is 81.9 Å². The highest BCUT2D eigenvalue weighted by molar-refractivity contribution is 6.00. The molecule has 0 radical (unpaired) electrons. The van der Waals surface area contributed by atoms with E-state index in [1.807, 2.05) is 54.0 Å². The lowest BCUT2D eigenvalue weighted by molar-refractivity contribution is 0.0934. The highest BCUT2D eigenvalue weighted by Crippen LogP contribution is 2.16. The molecule has 9 nitrogen and oxygen atoms in total. The molecular formula is C24H26N6O3. The van der Waals surface area contributed by atoms with Crippen molar-refractivity contribution in [3.63, 3.8) is 0 Å². The molecule has 33 heavy (non-hydrogen) atoms. The molecule has 3 aromatic heterocycles. The summed E-state index contributed by atoms with van der Waals surface area (Å²) in [4.78, 5) is 30.4. The molecule has 1 amide bonds. The SMILES string of the molecule is COc1cccc(Cn2nc3n(c2=O)CCC(NC(=O)c2cccn4cc(C)nc24)CC3)c1. The van der Waals surface area contributed by atoms with Crippen molar-refractivity contribution in [2.24, 2.45) is 0 Å². The van der Waals surface area contributed by atoms with Gasteiger partial charge in [-0.25, -0.2) is 14.5 Å². The molecular weight excluding hydrogens is 420 g/mol. The van der Waals surface area contributed by atoms with E-state index in [2.05, 4.69) is 15.4 Å². The number of aryl methyl sites for hydroxylation is 2. The second-order valence-corrected chi connectivity index (χ2v) is 8.39. The van der Waals surface area contributed by atoms with Gasteiger partial charge in [-0.05, 0) is 49.6 Å². The molecule has 0 aliphatic carbocycles. The maximum atomic E-state index is 13.0. The third kappa shape index (κ3) is 4.13. The van der Waals surface area contributed by atoms with E-state index in [4.69, 9.17) is 4.74 Å². The summed E-state index contributed by atoms with van der Waals surface area (Å²) in [5.41, 5.74) is 2.89. The van der Waals surface area contributed by atoms with Gasteiger partial charge in [-0.1, -0.05) is 12.1 Å². The van der Waals surface area contributed by atoms with Gasteiger partial charge in [-0.3, -0.25) is 9.36 Å². The van der Waals surface area contributed by atoms with Crippen molar-refractivity contribution in [2.75, 3.05) is 7.11 Å². The van der Waals surface area contributed by atoms with Gasteiger partial charge in [0.25, 0.3) is 5.91 Å². The summed E-state index contributed by atoms with van der Waals surface area (Å²) in [6.07, 6.45) is 5.79. The van der Waals surface area contributed by atoms with Gasteiger partial charge in [0.05, 0.1) is 24.9 Å². The Balaban J connectivity index is 1.28. The van der Waals surface area contributed by atoms with Crippen molar-refractivity contribution in [2.45, 2.75) is 45.3 Å².